The van der Waals surface area contributed by atoms with Crippen LogP contribution in [0.15, 0.2) is 107 Å². The average molecular weight is 530 g/mol. The van der Waals surface area contributed by atoms with E-state index in [-0.39, 0.29) is 5.56 Å². The monoisotopic (exact) mass is 529 g/mol. The Morgan fingerprint density at radius 2 is 1.41 bits per heavy atom. The van der Waals surface area contributed by atoms with Gasteiger partial charge in [-0.1, -0.05) is 91.0 Å². The van der Waals surface area contributed by atoms with E-state index in [0.29, 0.717) is 16.7 Å². The molecular weight excluding hydrogens is 498 g/mol. The zero-order valence-corrected chi connectivity index (χ0v) is 21.7. The van der Waals surface area contributed by atoms with E-state index in [2.05, 4.69) is 4.98 Å². The molecule has 4 atom stereocenters. The van der Waals surface area contributed by atoms with E-state index in [1.54, 1.807) is 0 Å². The molecule has 0 amide bonds. The van der Waals surface area contributed by atoms with Gasteiger partial charge in [0, 0.05) is 18.9 Å². The zero-order chi connectivity index (χ0) is 27.8. The Labute approximate surface area is 225 Å². The van der Waals surface area contributed by atoms with Crippen molar-refractivity contribution in [1.29, 1.82) is 0 Å². The van der Waals surface area contributed by atoms with Crippen molar-refractivity contribution in [1.82, 2.24) is 9.55 Å². The van der Waals surface area contributed by atoms with E-state index >= 15 is 0 Å². The van der Waals surface area contributed by atoms with Gasteiger partial charge in [-0.15, -0.1) is 0 Å². The number of aromatic amines is 1. The van der Waals surface area contributed by atoms with Gasteiger partial charge in [0.15, 0.2) is 5.60 Å². The Kier molecular flexibility index (Phi) is 6.88. The number of nitrogens with zero attached hydrogens (tertiary/aromatic N) is 1. The molecule has 2 heterocycles. The Bertz CT molecular complexity index is 1460. The highest BCUT2D eigenvalue weighted by molar-refractivity contribution is 5.56. The molecule has 0 radical (unpaired) electrons. The smallest absolute Gasteiger partial charge is 0.331 e. The number of nitrogens with two attached hydrogens (primary N) is 1. The van der Waals surface area contributed by atoms with Crippen LogP contribution < -0.4 is 17.0 Å². The van der Waals surface area contributed by atoms with Gasteiger partial charge >= 0.3 is 5.69 Å². The number of aliphatic hydroxyl groups is 2. The van der Waals surface area contributed by atoms with Gasteiger partial charge in [0.25, 0.3) is 5.56 Å². The molecule has 0 bridgehead atoms. The molecule has 1 saturated heterocycles. The van der Waals surface area contributed by atoms with Crippen LogP contribution in [-0.2, 0) is 20.7 Å². The number of rotatable bonds is 7. The topological polar surface area (TPSA) is 140 Å². The van der Waals surface area contributed by atoms with Gasteiger partial charge < -0.3 is 19.7 Å². The molecule has 0 aliphatic carbocycles. The molecule has 1 aliphatic heterocycles. The lowest BCUT2D eigenvalue weighted by atomic mass is 9.55. The summed E-state index contributed by atoms with van der Waals surface area (Å²) < 4.78 is 13.7. The summed E-state index contributed by atoms with van der Waals surface area (Å²) in [6.45, 7) is 0.914. The lowest BCUT2D eigenvalue weighted by Gasteiger charge is -2.55. The number of ether oxygens (including phenoxy) is 2. The third kappa shape index (κ3) is 3.66. The second-order valence-electron chi connectivity index (χ2n) is 9.71. The van der Waals surface area contributed by atoms with Crippen LogP contribution in [-0.4, -0.2) is 51.3 Å². The van der Waals surface area contributed by atoms with Gasteiger partial charge in [-0.05, 0) is 23.6 Å². The maximum Gasteiger partial charge on any atom is 0.331 e. The largest absolute Gasteiger partial charge is 0.394 e. The number of aryl methyl sites for hydroxylation is 1. The van der Waals surface area contributed by atoms with E-state index in [1.807, 2.05) is 91.0 Å². The summed E-state index contributed by atoms with van der Waals surface area (Å²) in [5.41, 5.74) is 4.60. The minimum atomic E-state index is -2.23. The number of hydrogen-bond acceptors (Lipinski definition) is 7. The van der Waals surface area contributed by atoms with Crippen molar-refractivity contribution in [2.24, 2.45) is 5.73 Å². The molecular formula is C30H31N3O6. The van der Waals surface area contributed by atoms with Gasteiger partial charge in [0.1, 0.15) is 12.2 Å². The molecule has 5 rings (SSSR count). The van der Waals surface area contributed by atoms with Crippen LogP contribution in [0, 0.1) is 6.92 Å². The van der Waals surface area contributed by atoms with Gasteiger partial charge in [0.2, 0.25) is 5.85 Å². The van der Waals surface area contributed by atoms with Crippen molar-refractivity contribution in [2.75, 3.05) is 13.7 Å². The van der Waals surface area contributed by atoms with Crippen molar-refractivity contribution in [3.8, 4) is 0 Å². The summed E-state index contributed by atoms with van der Waals surface area (Å²) in [5, 5.41) is 22.5. The Balaban J connectivity index is 2.03. The number of aromatic nitrogens is 2. The van der Waals surface area contributed by atoms with Crippen LogP contribution in [0.5, 0.6) is 0 Å². The SMILES string of the molecule is COC1(C(c2ccccc2)(c2ccccc2)c2ccccc2)[C@H](O)[C@@H](CO)O[C@@]1(N)n1cc(C)c(=O)[nH]c1=O. The summed E-state index contributed by atoms with van der Waals surface area (Å²) in [6.07, 6.45) is -1.52. The van der Waals surface area contributed by atoms with Crippen molar-refractivity contribution < 1.29 is 19.7 Å². The first-order valence-electron chi connectivity index (χ1n) is 12.6. The lowest BCUT2D eigenvalue weighted by Crippen LogP contribution is -2.75. The van der Waals surface area contributed by atoms with Crippen molar-refractivity contribution in [3.05, 3.63) is 140 Å². The summed E-state index contributed by atoms with van der Waals surface area (Å²) in [7, 11) is 1.39. The minimum Gasteiger partial charge on any atom is -0.394 e. The normalized spacial score (nSPS) is 25.1. The molecule has 3 aromatic carbocycles. The van der Waals surface area contributed by atoms with E-state index in [9.17, 15) is 19.8 Å². The molecule has 39 heavy (non-hydrogen) atoms. The average Bonchev–Trinajstić information content (AvgIpc) is 3.20. The number of aliphatic hydroxyl groups excluding tert-OH is 2. The Morgan fingerprint density at radius 1 is 0.949 bits per heavy atom. The number of nitrogens with one attached hydrogen (secondary N) is 1. The summed E-state index contributed by atoms with van der Waals surface area (Å²) in [6, 6.07) is 28.1. The number of H-pyrrole nitrogens is 1. The highest BCUT2D eigenvalue weighted by atomic mass is 16.6. The molecule has 9 heteroatoms. The second kappa shape index (κ2) is 10.0. The molecule has 202 valence electrons. The molecule has 1 aliphatic rings. The fourth-order valence-corrected chi connectivity index (χ4v) is 6.16. The van der Waals surface area contributed by atoms with Crippen LogP contribution in [0.25, 0.3) is 0 Å². The highest BCUT2D eigenvalue weighted by Crippen LogP contribution is 2.59. The van der Waals surface area contributed by atoms with Crippen molar-refractivity contribution >= 4 is 0 Å². The van der Waals surface area contributed by atoms with Crippen LogP contribution in [0.1, 0.15) is 22.3 Å². The number of benzene rings is 3. The molecule has 1 unspecified atom stereocenters. The maximum absolute atomic E-state index is 13.4. The van der Waals surface area contributed by atoms with Crippen molar-refractivity contribution in [3.63, 3.8) is 0 Å². The highest BCUT2D eigenvalue weighted by Gasteiger charge is 2.76. The predicted octanol–water partition coefficient (Wildman–Crippen LogP) is 1.59. The molecule has 4 aromatic rings. The fraction of sp³-hybridized carbons (Fsp3) is 0.267. The third-order valence-electron chi connectivity index (χ3n) is 7.79. The van der Waals surface area contributed by atoms with Gasteiger partial charge in [-0.3, -0.25) is 20.1 Å². The first-order valence-corrected chi connectivity index (χ1v) is 12.6. The van der Waals surface area contributed by atoms with Crippen molar-refractivity contribution in [2.45, 2.75) is 36.0 Å². The Hall–Kier alpha value is -3.86. The van der Waals surface area contributed by atoms with Gasteiger partial charge in [-0.25, -0.2) is 4.79 Å². The summed E-state index contributed by atoms with van der Waals surface area (Å²) in [4.78, 5) is 28.0. The number of methoxy groups -OCH3 is 1. The maximum atomic E-state index is 13.4. The first kappa shape index (κ1) is 26.7. The molecule has 0 spiro atoms. The van der Waals surface area contributed by atoms with E-state index in [1.165, 1.54) is 20.2 Å². The third-order valence-corrected chi connectivity index (χ3v) is 7.79. The zero-order valence-electron chi connectivity index (χ0n) is 21.7. The van der Waals surface area contributed by atoms with Crippen LogP contribution in [0.4, 0.5) is 0 Å². The minimum absolute atomic E-state index is 0.194. The molecule has 5 N–H and O–H groups in total. The standard InChI is InChI=1S/C30H31N3O6/c1-20-18-33(27(37)32-26(20)36)30(31)29(38-2,25(35)24(19-34)39-30)28(21-12-6-3-7-13-21,22-14-8-4-9-15-22)23-16-10-5-11-17-23/h3-18,24-25,34-35H,19,31H2,1-2H3,(H,32,36,37)/t24-,25-,29?,30+/m1/s1. The fourth-order valence-electron chi connectivity index (χ4n) is 6.16. The number of hydrogen-bond donors (Lipinski definition) is 4. The van der Waals surface area contributed by atoms with Gasteiger partial charge in [0.05, 0.1) is 12.0 Å². The molecule has 9 nitrogen and oxygen atoms in total. The van der Waals surface area contributed by atoms with Crippen LogP contribution in [0.2, 0.25) is 0 Å². The van der Waals surface area contributed by atoms with Gasteiger partial charge in [-0.2, -0.15) is 0 Å². The second-order valence-corrected chi connectivity index (χ2v) is 9.71. The van der Waals surface area contributed by atoms with E-state index in [4.69, 9.17) is 15.2 Å². The lowest BCUT2D eigenvalue weighted by molar-refractivity contribution is -0.227. The van der Waals surface area contributed by atoms with Crippen LogP contribution in [0.3, 0.4) is 0 Å². The van der Waals surface area contributed by atoms with Crippen LogP contribution >= 0.6 is 0 Å². The quantitative estimate of drug-likeness (QED) is 0.267. The summed E-state index contributed by atoms with van der Waals surface area (Å²) >= 11 is 0. The Morgan fingerprint density at radius 3 is 1.82 bits per heavy atom. The van der Waals surface area contributed by atoms with E-state index < -0.39 is 46.9 Å². The molecule has 1 fully saturated rings. The molecule has 1 aromatic heterocycles. The summed E-state index contributed by atoms with van der Waals surface area (Å²) in [5.74, 6) is -2.23. The van der Waals surface area contributed by atoms with E-state index in [0.717, 1.165) is 4.57 Å². The molecule has 0 saturated carbocycles. The first-order chi connectivity index (χ1) is 18.8. The predicted molar refractivity (Wildman–Crippen MR) is 145 cm³/mol.